The minimum Gasteiger partial charge on any atom is -0.467 e. The number of amides is 3. The molecule has 0 saturated carbocycles. The predicted octanol–water partition coefficient (Wildman–Crippen LogP) is 5.02. The van der Waals surface area contributed by atoms with Crippen molar-refractivity contribution < 1.29 is 14.3 Å². The lowest BCUT2D eigenvalue weighted by Gasteiger charge is -2.50. The zero-order valence-electron chi connectivity index (χ0n) is 17.4. The van der Waals surface area contributed by atoms with E-state index in [1.807, 2.05) is 68.4 Å². The molecule has 1 fully saturated rings. The largest absolute Gasteiger partial charge is 0.467 e. The number of ether oxygens (including phenoxy) is 1. The Morgan fingerprint density at radius 1 is 1.10 bits per heavy atom. The van der Waals surface area contributed by atoms with E-state index in [-0.39, 0.29) is 18.0 Å². The molecule has 3 aromatic carbocycles. The normalized spacial score (nSPS) is 21.5. The number of urea groups is 1. The molecule has 2 atom stereocenters. The van der Waals surface area contributed by atoms with Crippen molar-refractivity contribution in [3.8, 4) is 5.75 Å². The van der Waals surface area contributed by atoms with Gasteiger partial charge in [-0.3, -0.25) is 9.69 Å². The molecule has 6 heteroatoms. The van der Waals surface area contributed by atoms with Crippen LogP contribution in [0.25, 0.3) is 0 Å². The molecule has 6 nitrogen and oxygen atoms in total. The van der Waals surface area contributed by atoms with Gasteiger partial charge in [0.05, 0.1) is 11.7 Å². The number of rotatable bonds is 3. The van der Waals surface area contributed by atoms with E-state index in [2.05, 4.69) is 10.6 Å². The molecule has 0 unspecified atom stereocenters. The highest BCUT2D eigenvalue weighted by Gasteiger charge is 2.49. The minimum atomic E-state index is -0.854. The van der Waals surface area contributed by atoms with E-state index < -0.39 is 5.72 Å². The second kappa shape index (κ2) is 7.16. The Hall–Kier alpha value is -3.80. The highest BCUT2D eigenvalue weighted by Crippen LogP contribution is 2.45. The predicted molar refractivity (Wildman–Crippen MR) is 119 cm³/mol. The van der Waals surface area contributed by atoms with Crippen LogP contribution in [0.15, 0.2) is 72.8 Å². The first-order valence-electron chi connectivity index (χ1n) is 10.3. The van der Waals surface area contributed by atoms with Crippen LogP contribution >= 0.6 is 0 Å². The molecule has 0 aliphatic carbocycles. The Kier molecular flexibility index (Phi) is 4.43. The molecular weight excluding hydrogens is 390 g/mol. The molecule has 1 saturated heterocycles. The maximum atomic E-state index is 13.1. The molecule has 5 rings (SSSR count). The summed E-state index contributed by atoms with van der Waals surface area (Å²) in [5, 5.41) is 5.98. The highest BCUT2D eigenvalue weighted by atomic mass is 16.5. The lowest BCUT2D eigenvalue weighted by molar-refractivity contribution is 0.0378. The van der Waals surface area contributed by atoms with Crippen LogP contribution in [-0.2, 0) is 0 Å². The molecule has 31 heavy (non-hydrogen) atoms. The molecule has 156 valence electrons. The number of aryl methyl sites for hydroxylation is 1. The van der Waals surface area contributed by atoms with Gasteiger partial charge >= 0.3 is 6.03 Å². The van der Waals surface area contributed by atoms with Crippen molar-refractivity contribution in [3.63, 3.8) is 0 Å². The number of nitrogens with zero attached hydrogens (tertiary/aromatic N) is 1. The summed E-state index contributed by atoms with van der Waals surface area (Å²) in [6.07, 6.45) is 0.607. The number of carbonyl (C=O) groups is 2. The lowest BCUT2D eigenvalue weighted by atomic mass is 9.90. The van der Waals surface area contributed by atoms with Crippen molar-refractivity contribution in [3.05, 3.63) is 89.5 Å². The number of hydrogen-bond acceptors (Lipinski definition) is 3. The fourth-order valence-electron chi connectivity index (χ4n) is 4.34. The van der Waals surface area contributed by atoms with Gasteiger partial charge in [-0.1, -0.05) is 42.0 Å². The third kappa shape index (κ3) is 3.40. The molecular formula is C25H23N3O3. The fraction of sp³-hybridized carbons (Fsp3) is 0.200. The van der Waals surface area contributed by atoms with E-state index in [4.69, 9.17) is 4.74 Å². The van der Waals surface area contributed by atoms with E-state index in [1.165, 1.54) is 0 Å². The van der Waals surface area contributed by atoms with Crippen LogP contribution in [0.2, 0.25) is 0 Å². The van der Waals surface area contributed by atoms with E-state index in [0.29, 0.717) is 17.7 Å². The zero-order valence-corrected chi connectivity index (χ0v) is 17.4. The lowest BCUT2D eigenvalue weighted by Crippen LogP contribution is -2.65. The topological polar surface area (TPSA) is 70.7 Å². The van der Waals surface area contributed by atoms with Gasteiger partial charge in [-0.2, -0.15) is 0 Å². The summed E-state index contributed by atoms with van der Waals surface area (Å²) < 4.78 is 6.30. The van der Waals surface area contributed by atoms with Crippen LogP contribution in [0.4, 0.5) is 16.2 Å². The SMILES string of the molecule is Cc1ccc(NC(=O)c2cccc(N3C(=O)N[C@H]4C[C@@]3(C)Oc3ccccc34)c2)cc1. The summed E-state index contributed by atoms with van der Waals surface area (Å²) in [4.78, 5) is 27.5. The molecule has 2 bridgehead atoms. The summed E-state index contributed by atoms with van der Waals surface area (Å²) in [5.41, 5.74) is 3.05. The van der Waals surface area contributed by atoms with Gasteiger partial charge in [-0.05, 0) is 50.2 Å². The van der Waals surface area contributed by atoms with Crippen LogP contribution in [0.1, 0.15) is 40.9 Å². The van der Waals surface area contributed by atoms with Crippen LogP contribution in [-0.4, -0.2) is 17.7 Å². The van der Waals surface area contributed by atoms with Gasteiger partial charge in [0.2, 0.25) is 0 Å². The smallest absolute Gasteiger partial charge is 0.325 e. The van der Waals surface area contributed by atoms with E-state index >= 15 is 0 Å². The van der Waals surface area contributed by atoms with Crippen molar-refractivity contribution in [1.82, 2.24) is 5.32 Å². The standard InChI is InChI=1S/C25H23N3O3/c1-16-10-12-18(13-11-16)26-23(29)17-6-5-7-19(14-17)28-24(30)27-21-15-25(28,2)31-22-9-4-3-8-20(21)22/h3-14,21H,15H2,1-2H3,(H,26,29)(H,27,30)/t21-,25+/m0/s1. The number of para-hydroxylation sites is 1. The molecule has 3 amide bonds. The Balaban J connectivity index is 1.45. The van der Waals surface area contributed by atoms with Gasteiger partial charge in [0.15, 0.2) is 5.72 Å². The fourth-order valence-corrected chi connectivity index (χ4v) is 4.34. The van der Waals surface area contributed by atoms with Gasteiger partial charge < -0.3 is 15.4 Å². The van der Waals surface area contributed by atoms with Gasteiger partial charge in [0.1, 0.15) is 5.75 Å². The van der Waals surface area contributed by atoms with Crippen LogP contribution in [0, 0.1) is 6.92 Å². The second-order valence-corrected chi connectivity index (χ2v) is 8.23. The summed E-state index contributed by atoms with van der Waals surface area (Å²) >= 11 is 0. The summed E-state index contributed by atoms with van der Waals surface area (Å²) in [6.45, 7) is 3.91. The number of hydrogen-bond donors (Lipinski definition) is 2. The van der Waals surface area contributed by atoms with Gasteiger partial charge in [0.25, 0.3) is 5.91 Å². The molecule has 2 aliphatic heterocycles. The average molecular weight is 413 g/mol. The Morgan fingerprint density at radius 2 is 1.87 bits per heavy atom. The number of nitrogens with one attached hydrogen (secondary N) is 2. The van der Waals surface area contributed by atoms with Gasteiger partial charge in [-0.15, -0.1) is 0 Å². The summed E-state index contributed by atoms with van der Waals surface area (Å²) in [6, 6.07) is 22.1. The molecule has 0 spiro atoms. The minimum absolute atomic E-state index is 0.105. The van der Waals surface area contributed by atoms with Crippen molar-refractivity contribution in [1.29, 1.82) is 0 Å². The molecule has 0 aromatic heterocycles. The third-order valence-electron chi connectivity index (χ3n) is 5.86. The number of fused-ring (bicyclic) bond motifs is 4. The number of benzene rings is 3. The maximum Gasteiger partial charge on any atom is 0.325 e. The van der Waals surface area contributed by atoms with Crippen LogP contribution in [0.5, 0.6) is 5.75 Å². The first kappa shape index (κ1) is 19.2. The summed E-state index contributed by atoms with van der Waals surface area (Å²) in [5.74, 6) is 0.528. The van der Waals surface area contributed by atoms with E-state index in [1.54, 1.807) is 23.1 Å². The first-order chi connectivity index (χ1) is 14.9. The molecule has 2 aliphatic rings. The van der Waals surface area contributed by atoms with Crippen molar-refractivity contribution in [2.75, 3.05) is 10.2 Å². The van der Waals surface area contributed by atoms with Gasteiger partial charge in [0, 0.05) is 23.2 Å². The number of carbonyl (C=O) groups excluding carboxylic acids is 2. The van der Waals surface area contributed by atoms with Crippen molar-refractivity contribution >= 4 is 23.3 Å². The Labute approximate surface area is 180 Å². The second-order valence-electron chi connectivity index (χ2n) is 8.23. The van der Waals surface area contributed by atoms with Gasteiger partial charge in [-0.25, -0.2) is 4.79 Å². The van der Waals surface area contributed by atoms with E-state index in [0.717, 1.165) is 22.6 Å². The molecule has 3 aromatic rings. The Bertz CT molecular complexity index is 1170. The van der Waals surface area contributed by atoms with Crippen LogP contribution in [0.3, 0.4) is 0 Å². The molecule has 2 N–H and O–H groups in total. The molecule has 0 radical (unpaired) electrons. The quantitative estimate of drug-likeness (QED) is 0.634. The first-order valence-corrected chi connectivity index (χ1v) is 10.3. The highest BCUT2D eigenvalue weighted by molar-refractivity contribution is 6.05. The zero-order chi connectivity index (χ0) is 21.6. The van der Waals surface area contributed by atoms with Crippen molar-refractivity contribution in [2.24, 2.45) is 0 Å². The summed E-state index contributed by atoms with van der Waals surface area (Å²) in [7, 11) is 0. The van der Waals surface area contributed by atoms with Crippen molar-refractivity contribution in [2.45, 2.75) is 32.0 Å². The number of anilines is 2. The molecule has 2 heterocycles. The van der Waals surface area contributed by atoms with E-state index in [9.17, 15) is 9.59 Å². The Morgan fingerprint density at radius 3 is 2.68 bits per heavy atom. The van der Waals surface area contributed by atoms with Crippen LogP contribution < -0.4 is 20.3 Å². The monoisotopic (exact) mass is 413 g/mol. The average Bonchev–Trinajstić information content (AvgIpc) is 2.75. The maximum absolute atomic E-state index is 13.1. The third-order valence-corrected chi connectivity index (χ3v) is 5.86.